The van der Waals surface area contributed by atoms with Gasteiger partial charge in [-0.25, -0.2) is 4.79 Å². The molecule has 0 saturated heterocycles. The van der Waals surface area contributed by atoms with Gasteiger partial charge in [-0.1, -0.05) is 37.3 Å². The summed E-state index contributed by atoms with van der Waals surface area (Å²) in [6, 6.07) is 12.9. The predicted molar refractivity (Wildman–Crippen MR) is 95.5 cm³/mol. The number of nitrogens with one attached hydrogen (secondary N) is 2. The summed E-state index contributed by atoms with van der Waals surface area (Å²) in [4.78, 5) is 24.2. The Morgan fingerprint density at radius 2 is 1.83 bits per heavy atom. The van der Waals surface area contributed by atoms with Crippen molar-refractivity contribution in [2.24, 2.45) is 0 Å². The molecule has 0 spiro atoms. The van der Waals surface area contributed by atoms with E-state index in [1.165, 1.54) is 0 Å². The molecule has 0 radical (unpaired) electrons. The summed E-state index contributed by atoms with van der Waals surface area (Å²) >= 11 is 0. The third-order valence-electron chi connectivity index (χ3n) is 3.76. The molecule has 0 heterocycles. The fourth-order valence-corrected chi connectivity index (χ4v) is 2.47. The van der Waals surface area contributed by atoms with E-state index in [-0.39, 0.29) is 12.5 Å². The highest BCUT2D eigenvalue weighted by Crippen LogP contribution is 2.21. The Hall–Kier alpha value is -2.82. The van der Waals surface area contributed by atoms with Crippen molar-refractivity contribution >= 4 is 23.3 Å². The molecule has 126 valence electrons. The van der Waals surface area contributed by atoms with E-state index in [9.17, 15) is 9.59 Å². The molecule has 2 aromatic carbocycles. The maximum absolute atomic E-state index is 12.1. The maximum atomic E-state index is 12.1. The van der Waals surface area contributed by atoms with Gasteiger partial charge in [-0.05, 0) is 36.6 Å². The summed E-state index contributed by atoms with van der Waals surface area (Å²) in [6.45, 7) is 3.64. The van der Waals surface area contributed by atoms with E-state index in [1.54, 1.807) is 25.2 Å². The molecule has 0 atom stereocenters. The quantitative estimate of drug-likeness (QED) is 0.799. The van der Waals surface area contributed by atoms with Gasteiger partial charge in [0.1, 0.15) is 0 Å². The molecule has 0 aromatic heterocycles. The number of aryl methyl sites for hydroxylation is 2. The zero-order valence-electron chi connectivity index (χ0n) is 14.2. The number of hydrogen-bond acceptors (Lipinski definition) is 4. The second-order valence-corrected chi connectivity index (χ2v) is 5.38. The Bertz CT molecular complexity index is 741. The largest absolute Gasteiger partial charge is 0.452 e. The highest BCUT2D eigenvalue weighted by molar-refractivity contribution is 5.98. The molecule has 0 saturated carbocycles. The van der Waals surface area contributed by atoms with E-state index in [4.69, 9.17) is 4.74 Å². The number of carbonyl (C=O) groups is 2. The molecule has 2 aromatic rings. The van der Waals surface area contributed by atoms with Crippen LogP contribution < -0.4 is 10.6 Å². The van der Waals surface area contributed by atoms with Gasteiger partial charge in [-0.3, -0.25) is 4.79 Å². The average Bonchev–Trinajstić information content (AvgIpc) is 2.61. The summed E-state index contributed by atoms with van der Waals surface area (Å²) in [5.74, 6) is -0.884. The standard InChI is InChI=1S/C19H22N2O3/c1-4-14-9-7-8-13(2)18(14)21-17(22)12-24-19(23)15-10-5-6-11-16(15)20-3/h5-11,20H,4,12H2,1-3H3,(H,21,22). The van der Waals surface area contributed by atoms with Crippen LogP contribution in [-0.4, -0.2) is 25.5 Å². The highest BCUT2D eigenvalue weighted by atomic mass is 16.5. The van der Waals surface area contributed by atoms with Gasteiger partial charge in [0, 0.05) is 18.4 Å². The van der Waals surface area contributed by atoms with E-state index >= 15 is 0 Å². The van der Waals surface area contributed by atoms with E-state index in [1.807, 2.05) is 38.1 Å². The van der Waals surface area contributed by atoms with Crippen LogP contribution in [0.4, 0.5) is 11.4 Å². The second kappa shape index (κ2) is 8.15. The molecule has 2 rings (SSSR count). The van der Waals surface area contributed by atoms with Crippen LogP contribution in [0.1, 0.15) is 28.4 Å². The molecule has 0 unspecified atom stereocenters. The first-order chi connectivity index (χ1) is 11.6. The van der Waals surface area contributed by atoms with Crippen LogP contribution in [0.3, 0.4) is 0 Å². The summed E-state index contributed by atoms with van der Waals surface area (Å²) in [6.07, 6.45) is 0.812. The minimum atomic E-state index is -0.532. The zero-order valence-corrected chi connectivity index (χ0v) is 14.2. The van der Waals surface area contributed by atoms with E-state index in [0.29, 0.717) is 11.3 Å². The summed E-state index contributed by atoms with van der Waals surface area (Å²) in [7, 11) is 1.73. The molecule has 0 aliphatic heterocycles. The molecule has 0 aliphatic rings. The van der Waals surface area contributed by atoms with Gasteiger partial charge in [-0.15, -0.1) is 0 Å². The van der Waals surface area contributed by atoms with Crippen molar-refractivity contribution in [3.05, 3.63) is 59.2 Å². The van der Waals surface area contributed by atoms with Gasteiger partial charge in [0.05, 0.1) is 5.56 Å². The number of benzene rings is 2. The molecule has 1 amide bonds. The highest BCUT2D eigenvalue weighted by Gasteiger charge is 2.14. The Morgan fingerprint density at radius 1 is 1.08 bits per heavy atom. The van der Waals surface area contributed by atoms with Crippen LogP contribution in [0.5, 0.6) is 0 Å². The lowest BCUT2D eigenvalue weighted by molar-refractivity contribution is -0.119. The number of para-hydroxylation sites is 2. The van der Waals surface area contributed by atoms with Crippen LogP contribution in [0.2, 0.25) is 0 Å². The summed E-state index contributed by atoms with van der Waals surface area (Å²) < 4.78 is 5.13. The molecular weight excluding hydrogens is 304 g/mol. The lowest BCUT2D eigenvalue weighted by Gasteiger charge is -2.13. The number of carbonyl (C=O) groups excluding carboxylic acids is 2. The van der Waals surface area contributed by atoms with Crippen LogP contribution in [-0.2, 0) is 16.0 Å². The fraction of sp³-hybridized carbons (Fsp3) is 0.263. The van der Waals surface area contributed by atoms with E-state index in [0.717, 1.165) is 23.2 Å². The molecular formula is C19H22N2O3. The van der Waals surface area contributed by atoms with Crippen molar-refractivity contribution in [2.45, 2.75) is 20.3 Å². The van der Waals surface area contributed by atoms with Gasteiger partial charge in [-0.2, -0.15) is 0 Å². The number of amides is 1. The van der Waals surface area contributed by atoms with Crippen LogP contribution in [0.15, 0.2) is 42.5 Å². The molecule has 0 bridgehead atoms. The van der Waals surface area contributed by atoms with Gasteiger partial charge in [0.25, 0.3) is 5.91 Å². The van der Waals surface area contributed by atoms with Gasteiger partial charge >= 0.3 is 5.97 Å². The number of rotatable bonds is 6. The topological polar surface area (TPSA) is 67.4 Å². The molecule has 5 heteroatoms. The number of esters is 1. The SMILES string of the molecule is CCc1cccc(C)c1NC(=O)COC(=O)c1ccccc1NC. The molecule has 0 fully saturated rings. The zero-order chi connectivity index (χ0) is 17.5. The van der Waals surface area contributed by atoms with Gasteiger partial charge < -0.3 is 15.4 Å². The molecule has 2 N–H and O–H groups in total. The monoisotopic (exact) mass is 326 g/mol. The van der Waals surface area contributed by atoms with E-state index in [2.05, 4.69) is 10.6 Å². The van der Waals surface area contributed by atoms with Crippen molar-refractivity contribution in [1.82, 2.24) is 0 Å². The smallest absolute Gasteiger partial charge is 0.340 e. The van der Waals surface area contributed by atoms with Crippen molar-refractivity contribution in [3.63, 3.8) is 0 Å². The van der Waals surface area contributed by atoms with E-state index < -0.39 is 5.97 Å². The number of anilines is 2. The predicted octanol–water partition coefficient (Wildman–Crippen LogP) is 3.39. The van der Waals surface area contributed by atoms with Crippen LogP contribution in [0, 0.1) is 6.92 Å². The first kappa shape index (κ1) is 17.5. The Balaban J connectivity index is 2.00. The molecule has 0 aliphatic carbocycles. The average molecular weight is 326 g/mol. The summed E-state index contributed by atoms with van der Waals surface area (Å²) in [5.41, 5.74) is 3.88. The van der Waals surface area contributed by atoms with Gasteiger partial charge in [0.2, 0.25) is 0 Å². The fourth-order valence-electron chi connectivity index (χ4n) is 2.47. The maximum Gasteiger partial charge on any atom is 0.340 e. The van der Waals surface area contributed by atoms with Gasteiger partial charge in [0.15, 0.2) is 6.61 Å². The second-order valence-electron chi connectivity index (χ2n) is 5.38. The third kappa shape index (κ3) is 4.13. The van der Waals surface area contributed by atoms with Crippen LogP contribution in [0.25, 0.3) is 0 Å². The first-order valence-corrected chi connectivity index (χ1v) is 7.89. The van der Waals surface area contributed by atoms with Crippen molar-refractivity contribution in [2.75, 3.05) is 24.3 Å². The Kier molecular flexibility index (Phi) is 5.95. The Morgan fingerprint density at radius 3 is 2.54 bits per heavy atom. The molecule has 5 nitrogen and oxygen atoms in total. The molecule has 24 heavy (non-hydrogen) atoms. The Labute approximate surface area is 142 Å². The van der Waals surface area contributed by atoms with Crippen LogP contribution >= 0.6 is 0 Å². The number of ether oxygens (including phenoxy) is 1. The van der Waals surface area contributed by atoms with Crippen molar-refractivity contribution < 1.29 is 14.3 Å². The lowest BCUT2D eigenvalue weighted by atomic mass is 10.1. The normalized spacial score (nSPS) is 10.1. The summed E-state index contributed by atoms with van der Waals surface area (Å²) in [5, 5.41) is 5.76. The number of hydrogen-bond donors (Lipinski definition) is 2. The minimum Gasteiger partial charge on any atom is -0.452 e. The third-order valence-corrected chi connectivity index (χ3v) is 3.76. The van der Waals surface area contributed by atoms with Crippen molar-refractivity contribution in [1.29, 1.82) is 0 Å². The lowest BCUT2D eigenvalue weighted by Crippen LogP contribution is -2.22. The van der Waals surface area contributed by atoms with Crippen molar-refractivity contribution in [3.8, 4) is 0 Å². The minimum absolute atomic E-state index is 0.325. The first-order valence-electron chi connectivity index (χ1n) is 7.89.